The van der Waals surface area contributed by atoms with E-state index in [1.807, 2.05) is 37.3 Å². The highest BCUT2D eigenvalue weighted by molar-refractivity contribution is 5.82. The standard InChI is InChI=1S/C24H22F3N9O/c1-13-4-8-19(33-32-13)29-15-5-7-18-17(10-15)28-12-36(18)21-9-6-16(14(2)37)22(31-21)23-30-20(34-35(23)3)11-24(25,26)27/h4-10,12,14,37H,11H2,1-3H3,(H,29,33). The Morgan fingerprint density at radius 3 is 2.57 bits per heavy atom. The topological polar surface area (TPSA) is 119 Å². The van der Waals surface area contributed by atoms with E-state index in [0.29, 0.717) is 22.7 Å². The van der Waals surface area contributed by atoms with Crippen LogP contribution >= 0.6 is 0 Å². The molecule has 0 bridgehead atoms. The second kappa shape index (κ2) is 9.24. The number of aliphatic hydroxyl groups excluding tert-OH is 1. The number of imidazole rings is 1. The number of aromatic nitrogens is 8. The molecule has 5 rings (SSSR count). The van der Waals surface area contributed by atoms with Crippen LogP contribution in [0.3, 0.4) is 0 Å². The molecule has 0 aliphatic carbocycles. The van der Waals surface area contributed by atoms with Gasteiger partial charge in [0.15, 0.2) is 17.5 Å². The van der Waals surface area contributed by atoms with Gasteiger partial charge in [0.25, 0.3) is 0 Å². The minimum absolute atomic E-state index is 0.118. The molecule has 0 amide bonds. The second-order valence-corrected chi connectivity index (χ2v) is 8.55. The fourth-order valence-corrected chi connectivity index (χ4v) is 3.89. The van der Waals surface area contributed by atoms with Crippen molar-refractivity contribution in [3.05, 3.63) is 65.9 Å². The number of benzene rings is 1. The number of anilines is 2. The third kappa shape index (κ3) is 5.11. The minimum atomic E-state index is -4.45. The quantitative estimate of drug-likeness (QED) is 0.349. The fraction of sp³-hybridized carbons (Fsp3) is 0.250. The average molecular weight is 509 g/mol. The van der Waals surface area contributed by atoms with Crippen molar-refractivity contribution in [1.82, 2.24) is 39.5 Å². The molecule has 5 aromatic rings. The van der Waals surface area contributed by atoms with Crippen LogP contribution in [0.25, 0.3) is 28.4 Å². The first-order valence-electron chi connectivity index (χ1n) is 11.3. The Labute approximate surface area is 208 Å². The molecule has 4 heterocycles. The van der Waals surface area contributed by atoms with Gasteiger partial charge < -0.3 is 10.4 Å². The van der Waals surface area contributed by atoms with Crippen LogP contribution in [0.4, 0.5) is 24.7 Å². The van der Waals surface area contributed by atoms with Crippen LogP contribution in [0, 0.1) is 6.92 Å². The summed E-state index contributed by atoms with van der Waals surface area (Å²) in [6.07, 6.45) is -5.05. The number of hydrogen-bond acceptors (Lipinski definition) is 8. The third-order valence-corrected chi connectivity index (χ3v) is 5.60. The van der Waals surface area contributed by atoms with Crippen molar-refractivity contribution in [3.8, 4) is 17.3 Å². The van der Waals surface area contributed by atoms with E-state index in [1.54, 1.807) is 30.0 Å². The van der Waals surface area contributed by atoms with E-state index < -0.39 is 18.7 Å². The summed E-state index contributed by atoms with van der Waals surface area (Å²) in [7, 11) is 1.49. The van der Waals surface area contributed by atoms with Gasteiger partial charge >= 0.3 is 6.18 Å². The molecule has 4 aromatic heterocycles. The Bertz CT molecular complexity index is 1570. The summed E-state index contributed by atoms with van der Waals surface area (Å²) in [6, 6.07) is 12.6. The van der Waals surface area contributed by atoms with Crippen molar-refractivity contribution in [1.29, 1.82) is 0 Å². The van der Waals surface area contributed by atoms with Crippen LogP contribution in [-0.4, -0.2) is 50.8 Å². The Balaban J connectivity index is 1.52. The maximum atomic E-state index is 12.9. The van der Waals surface area contributed by atoms with E-state index in [2.05, 4.69) is 35.6 Å². The van der Waals surface area contributed by atoms with Gasteiger partial charge in [0.1, 0.15) is 24.3 Å². The highest BCUT2D eigenvalue weighted by Gasteiger charge is 2.31. The predicted octanol–water partition coefficient (Wildman–Crippen LogP) is 4.22. The average Bonchev–Trinajstić information content (AvgIpc) is 3.41. The van der Waals surface area contributed by atoms with Crippen molar-refractivity contribution in [2.75, 3.05) is 5.32 Å². The lowest BCUT2D eigenvalue weighted by molar-refractivity contribution is -0.128. The number of hydrogen-bond donors (Lipinski definition) is 2. The van der Waals surface area contributed by atoms with E-state index >= 15 is 0 Å². The number of aryl methyl sites for hydroxylation is 2. The number of nitrogens with one attached hydrogen (secondary N) is 1. The van der Waals surface area contributed by atoms with E-state index in [0.717, 1.165) is 16.9 Å². The van der Waals surface area contributed by atoms with E-state index in [-0.39, 0.29) is 17.3 Å². The first-order chi connectivity index (χ1) is 17.6. The molecule has 0 saturated heterocycles. The lowest BCUT2D eigenvalue weighted by Gasteiger charge is -2.13. The van der Waals surface area contributed by atoms with Crippen LogP contribution in [-0.2, 0) is 13.5 Å². The largest absolute Gasteiger partial charge is 0.396 e. The molecule has 0 aliphatic rings. The summed E-state index contributed by atoms with van der Waals surface area (Å²) < 4.78 is 41.6. The molecule has 37 heavy (non-hydrogen) atoms. The SMILES string of the molecule is Cc1ccc(Nc2ccc3c(c2)ncn3-c2ccc(C(C)O)c(-c3nc(CC(F)(F)F)nn3C)n2)nn1. The number of pyridine rings is 1. The highest BCUT2D eigenvalue weighted by Crippen LogP contribution is 2.29. The molecule has 10 nitrogen and oxygen atoms in total. The van der Waals surface area contributed by atoms with Crippen LogP contribution in [0.5, 0.6) is 0 Å². The zero-order valence-corrected chi connectivity index (χ0v) is 20.1. The van der Waals surface area contributed by atoms with Gasteiger partial charge in [-0.1, -0.05) is 6.07 Å². The molecular weight excluding hydrogens is 487 g/mol. The molecule has 1 aromatic carbocycles. The molecule has 190 valence electrons. The lowest BCUT2D eigenvalue weighted by Crippen LogP contribution is -2.12. The molecule has 0 saturated carbocycles. The zero-order chi connectivity index (χ0) is 26.3. The molecule has 13 heteroatoms. The van der Waals surface area contributed by atoms with Crippen molar-refractivity contribution < 1.29 is 18.3 Å². The number of rotatable bonds is 6. The number of halogens is 3. The fourth-order valence-electron chi connectivity index (χ4n) is 3.89. The lowest BCUT2D eigenvalue weighted by atomic mass is 10.1. The van der Waals surface area contributed by atoms with Crippen LogP contribution in [0.15, 0.2) is 48.8 Å². The Kier molecular flexibility index (Phi) is 6.07. The van der Waals surface area contributed by atoms with Gasteiger partial charge in [-0.25, -0.2) is 19.6 Å². The summed E-state index contributed by atoms with van der Waals surface area (Å²) in [6.45, 7) is 3.40. The summed E-state index contributed by atoms with van der Waals surface area (Å²) in [5, 5.41) is 25.5. The number of alkyl halides is 3. The van der Waals surface area contributed by atoms with Gasteiger partial charge in [0.2, 0.25) is 0 Å². The van der Waals surface area contributed by atoms with Gasteiger partial charge in [-0.05, 0) is 50.2 Å². The van der Waals surface area contributed by atoms with Gasteiger partial charge in [0.05, 0.1) is 22.8 Å². The Morgan fingerprint density at radius 1 is 1.05 bits per heavy atom. The van der Waals surface area contributed by atoms with Crippen LogP contribution in [0.1, 0.15) is 30.1 Å². The van der Waals surface area contributed by atoms with Gasteiger partial charge in [0, 0.05) is 18.3 Å². The Morgan fingerprint density at radius 2 is 1.86 bits per heavy atom. The maximum absolute atomic E-state index is 12.9. The monoisotopic (exact) mass is 509 g/mol. The first kappa shape index (κ1) is 24.3. The molecule has 0 radical (unpaired) electrons. The summed E-state index contributed by atoms with van der Waals surface area (Å²) in [5.41, 5.74) is 3.65. The number of nitrogens with zero attached hydrogens (tertiary/aromatic N) is 8. The second-order valence-electron chi connectivity index (χ2n) is 8.55. The summed E-state index contributed by atoms with van der Waals surface area (Å²) >= 11 is 0. The van der Waals surface area contributed by atoms with Gasteiger partial charge in [-0.2, -0.15) is 23.4 Å². The summed E-state index contributed by atoms with van der Waals surface area (Å²) in [4.78, 5) is 13.2. The van der Waals surface area contributed by atoms with Gasteiger partial charge in [-0.15, -0.1) is 5.10 Å². The molecule has 1 unspecified atom stereocenters. The van der Waals surface area contributed by atoms with Crippen molar-refractivity contribution in [3.63, 3.8) is 0 Å². The zero-order valence-electron chi connectivity index (χ0n) is 20.1. The van der Waals surface area contributed by atoms with Crippen molar-refractivity contribution in [2.24, 2.45) is 7.05 Å². The van der Waals surface area contributed by atoms with Crippen LogP contribution in [0.2, 0.25) is 0 Å². The van der Waals surface area contributed by atoms with Crippen molar-refractivity contribution in [2.45, 2.75) is 32.5 Å². The molecule has 2 N–H and O–H groups in total. The smallest absolute Gasteiger partial charge is 0.389 e. The highest BCUT2D eigenvalue weighted by atomic mass is 19.4. The van der Waals surface area contributed by atoms with Gasteiger partial charge in [-0.3, -0.25) is 4.57 Å². The molecule has 1 atom stereocenters. The predicted molar refractivity (Wildman–Crippen MR) is 129 cm³/mol. The first-order valence-corrected chi connectivity index (χ1v) is 11.3. The third-order valence-electron chi connectivity index (χ3n) is 5.60. The Hall–Kier alpha value is -4.39. The molecular formula is C24H22F3N9O. The number of fused-ring (bicyclic) bond motifs is 1. The van der Waals surface area contributed by atoms with E-state index in [1.165, 1.54) is 11.7 Å². The molecule has 0 fully saturated rings. The van der Waals surface area contributed by atoms with E-state index in [4.69, 9.17) is 0 Å². The normalized spacial score (nSPS) is 12.7. The molecule has 0 aliphatic heterocycles. The van der Waals surface area contributed by atoms with Crippen LogP contribution < -0.4 is 5.32 Å². The van der Waals surface area contributed by atoms with Crippen molar-refractivity contribution >= 4 is 22.5 Å². The number of aliphatic hydroxyl groups is 1. The summed E-state index contributed by atoms with van der Waals surface area (Å²) in [5.74, 6) is 0.789. The maximum Gasteiger partial charge on any atom is 0.396 e. The molecule has 0 spiro atoms. The minimum Gasteiger partial charge on any atom is -0.389 e. The van der Waals surface area contributed by atoms with E-state index in [9.17, 15) is 18.3 Å².